The topological polar surface area (TPSA) is 65.1 Å². The lowest BCUT2D eigenvalue weighted by atomic mass is 9.95. The van der Waals surface area contributed by atoms with Gasteiger partial charge in [0.05, 0.1) is 6.04 Å². The van der Waals surface area contributed by atoms with Gasteiger partial charge < -0.3 is 4.90 Å². The summed E-state index contributed by atoms with van der Waals surface area (Å²) >= 11 is 0. The second-order valence-corrected chi connectivity index (χ2v) is 7.30. The lowest BCUT2D eigenvalue weighted by Gasteiger charge is -2.36. The zero-order valence-electron chi connectivity index (χ0n) is 16.3. The van der Waals surface area contributed by atoms with Gasteiger partial charge in [-0.25, -0.2) is 9.37 Å². The van der Waals surface area contributed by atoms with E-state index in [1.54, 1.807) is 18.0 Å². The first-order valence-corrected chi connectivity index (χ1v) is 9.62. The van der Waals surface area contributed by atoms with Gasteiger partial charge in [0.2, 0.25) is 5.91 Å². The molecule has 1 aromatic carbocycles. The van der Waals surface area contributed by atoms with E-state index in [9.17, 15) is 9.18 Å². The fraction of sp³-hybridized carbons (Fsp3) is 0.550. The van der Waals surface area contributed by atoms with Crippen LogP contribution in [0.3, 0.4) is 0 Å². The summed E-state index contributed by atoms with van der Waals surface area (Å²) in [7, 11) is 1.77. The van der Waals surface area contributed by atoms with Crippen molar-refractivity contribution < 1.29 is 9.18 Å². The van der Waals surface area contributed by atoms with Gasteiger partial charge in [0, 0.05) is 25.9 Å². The molecule has 1 aliphatic rings. The molecule has 2 aromatic rings. The highest BCUT2D eigenvalue weighted by atomic mass is 19.1. The van der Waals surface area contributed by atoms with E-state index in [2.05, 4.69) is 27.0 Å². The van der Waals surface area contributed by atoms with E-state index in [1.165, 1.54) is 12.1 Å². The Kier molecular flexibility index (Phi) is 6.21. The summed E-state index contributed by atoms with van der Waals surface area (Å²) in [5, 5.41) is 7.32. The van der Waals surface area contributed by atoms with Gasteiger partial charge in [-0.1, -0.05) is 19.1 Å². The predicted molar refractivity (Wildman–Crippen MR) is 102 cm³/mol. The second-order valence-electron chi connectivity index (χ2n) is 7.30. The number of benzene rings is 1. The van der Waals surface area contributed by atoms with Crippen molar-refractivity contribution in [3.63, 3.8) is 0 Å². The normalized spacial score (nSPS) is 17.0. The number of aromatic nitrogens is 3. The number of likely N-dealkylation sites (N-methyl/N-ethyl adjacent to an activating group) is 1. The minimum Gasteiger partial charge on any atom is -0.340 e. The maximum absolute atomic E-state index is 13.3. The first-order valence-electron chi connectivity index (χ1n) is 9.62. The number of nitrogens with zero attached hydrogens (tertiary/aromatic N) is 4. The highest BCUT2D eigenvalue weighted by Gasteiger charge is 2.30. The van der Waals surface area contributed by atoms with E-state index in [-0.39, 0.29) is 17.8 Å². The van der Waals surface area contributed by atoms with Crippen LogP contribution in [-0.2, 0) is 17.8 Å². The Bertz CT molecular complexity index is 769. The van der Waals surface area contributed by atoms with Crippen molar-refractivity contribution in [3.05, 3.63) is 47.3 Å². The van der Waals surface area contributed by atoms with E-state index in [4.69, 9.17) is 0 Å². The lowest BCUT2D eigenvalue weighted by molar-refractivity contribution is -0.136. The van der Waals surface area contributed by atoms with Gasteiger partial charge in [0.25, 0.3) is 0 Å². The van der Waals surface area contributed by atoms with Crippen LogP contribution in [0.5, 0.6) is 0 Å². The highest BCUT2D eigenvalue weighted by molar-refractivity contribution is 5.81. The maximum atomic E-state index is 13.3. The molecular weight excluding hydrogens is 345 g/mol. The number of piperidine rings is 1. The molecular formula is C20H28FN5O. The first-order chi connectivity index (χ1) is 13.0. The van der Waals surface area contributed by atoms with E-state index in [0.717, 1.165) is 49.6 Å². The van der Waals surface area contributed by atoms with Crippen molar-refractivity contribution in [3.8, 4) is 0 Å². The number of hydrogen-bond acceptors (Lipinski definition) is 4. The molecule has 0 aliphatic carbocycles. The van der Waals surface area contributed by atoms with Gasteiger partial charge >= 0.3 is 0 Å². The van der Waals surface area contributed by atoms with Crippen LogP contribution < -0.4 is 0 Å². The van der Waals surface area contributed by atoms with Crippen molar-refractivity contribution in [2.45, 2.75) is 51.6 Å². The Labute approximate surface area is 159 Å². The predicted octanol–water partition coefficient (Wildman–Crippen LogP) is 2.73. The number of aryl methyl sites for hydroxylation is 1. The minimum absolute atomic E-state index is 0.0591. The number of nitrogens with one attached hydrogen (secondary N) is 1. The number of hydrogen-bond donors (Lipinski definition) is 1. The fourth-order valence-corrected chi connectivity index (χ4v) is 3.66. The molecule has 0 spiro atoms. The van der Waals surface area contributed by atoms with Crippen LogP contribution in [0.15, 0.2) is 24.3 Å². The largest absolute Gasteiger partial charge is 0.340 e. The smallest absolute Gasteiger partial charge is 0.239 e. The summed E-state index contributed by atoms with van der Waals surface area (Å²) in [4.78, 5) is 21.2. The monoisotopic (exact) mass is 373 g/mol. The zero-order chi connectivity index (χ0) is 19.4. The average molecular weight is 373 g/mol. The maximum Gasteiger partial charge on any atom is 0.239 e. The van der Waals surface area contributed by atoms with E-state index in [1.807, 2.05) is 13.0 Å². The van der Waals surface area contributed by atoms with Crippen LogP contribution in [0.2, 0.25) is 0 Å². The Balaban J connectivity index is 1.53. The van der Waals surface area contributed by atoms with E-state index < -0.39 is 0 Å². The van der Waals surface area contributed by atoms with Crippen LogP contribution in [0.25, 0.3) is 0 Å². The summed E-state index contributed by atoms with van der Waals surface area (Å²) in [6, 6.07) is 6.20. The molecule has 1 N–H and O–H groups in total. The molecule has 2 heterocycles. The molecule has 1 aliphatic heterocycles. The van der Waals surface area contributed by atoms with E-state index in [0.29, 0.717) is 12.5 Å². The summed E-state index contributed by atoms with van der Waals surface area (Å²) in [6.07, 6.45) is 2.76. The summed E-state index contributed by atoms with van der Waals surface area (Å²) in [5.41, 5.74) is 0.799. The molecule has 7 heteroatoms. The number of amides is 1. The average Bonchev–Trinajstić information content (AvgIpc) is 3.16. The molecule has 1 saturated heterocycles. The molecule has 146 valence electrons. The third kappa shape index (κ3) is 4.71. The SMILES string of the molecule is CCc1nc(C2CCN(C(C)C(=O)N(C)Cc3cccc(F)c3)CC2)n[nH]1. The van der Waals surface area contributed by atoms with Gasteiger partial charge in [0.1, 0.15) is 11.6 Å². The van der Waals surface area contributed by atoms with Gasteiger partial charge in [-0.2, -0.15) is 5.10 Å². The van der Waals surface area contributed by atoms with Crippen LogP contribution in [0.4, 0.5) is 4.39 Å². The number of H-pyrrole nitrogens is 1. The first kappa shape index (κ1) is 19.5. The quantitative estimate of drug-likeness (QED) is 0.846. The number of carbonyl (C=O) groups excluding carboxylic acids is 1. The molecule has 1 amide bonds. The molecule has 27 heavy (non-hydrogen) atoms. The van der Waals surface area contributed by atoms with Crippen molar-refractivity contribution in [2.75, 3.05) is 20.1 Å². The van der Waals surface area contributed by atoms with Gasteiger partial charge in [-0.3, -0.25) is 14.8 Å². The van der Waals surface area contributed by atoms with Crippen molar-refractivity contribution in [1.29, 1.82) is 0 Å². The number of aromatic amines is 1. The molecule has 1 aromatic heterocycles. The summed E-state index contributed by atoms with van der Waals surface area (Å²) in [5.74, 6) is 1.96. The molecule has 0 saturated carbocycles. The molecule has 0 bridgehead atoms. The fourth-order valence-electron chi connectivity index (χ4n) is 3.66. The third-order valence-electron chi connectivity index (χ3n) is 5.37. The molecule has 6 nitrogen and oxygen atoms in total. The van der Waals surface area contributed by atoms with Crippen molar-refractivity contribution in [2.24, 2.45) is 0 Å². The Hall–Kier alpha value is -2.28. The standard InChI is InChI=1S/C20H28FN5O/c1-4-18-22-19(24-23-18)16-8-10-26(11-9-16)14(2)20(27)25(3)13-15-6-5-7-17(21)12-15/h5-7,12,14,16H,4,8-11,13H2,1-3H3,(H,22,23,24). The van der Waals surface area contributed by atoms with Crippen molar-refractivity contribution >= 4 is 5.91 Å². The Morgan fingerprint density at radius 3 is 2.78 bits per heavy atom. The van der Waals surface area contributed by atoms with Crippen LogP contribution in [0.1, 0.15) is 49.8 Å². The van der Waals surface area contributed by atoms with Crippen LogP contribution in [0, 0.1) is 5.82 Å². The third-order valence-corrected chi connectivity index (χ3v) is 5.37. The Morgan fingerprint density at radius 2 is 2.15 bits per heavy atom. The number of rotatable bonds is 6. The number of carbonyl (C=O) groups is 1. The summed E-state index contributed by atoms with van der Waals surface area (Å²) in [6.45, 7) is 6.12. The zero-order valence-corrected chi connectivity index (χ0v) is 16.3. The van der Waals surface area contributed by atoms with E-state index >= 15 is 0 Å². The number of halogens is 1. The molecule has 3 rings (SSSR count). The second kappa shape index (κ2) is 8.61. The van der Waals surface area contributed by atoms with Crippen LogP contribution in [-0.4, -0.2) is 57.1 Å². The molecule has 0 radical (unpaired) electrons. The minimum atomic E-state index is -0.276. The van der Waals surface area contributed by atoms with Crippen LogP contribution >= 0.6 is 0 Å². The Morgan fingerprint density at radius 1 is 1.41 bits per heavy atom. The molecule has 1 unspecified atom stereocenters. The molecule has 1 fully saturated rings. The van der Waals surface area contributed by atoms with Gasteiger partial charge in [0.15, 0.2) is 5.82 Å². The van der Waals surface area contributed by atoms with Crippen molar-refractivity contribution in [1.82, 2.24) is 25.0 Å². The highest BCUT2D eigenvalue weighted by Crippen LogP contribution is 2.27. The number of likely N-dealkylation sites (tertiary alicyclic amines) is 1. The lowest BCUT2D eigenvalue weighted by Crippen LogP contribution is -2.48. The van der Waals surface area contributed by atoms with Gasteiger partial charge in [-0.05, 0) is 50.6 Å². The molecule has 1 atom stereocenters. The van der Waals surface area contributed by atoms with Gasteiger partial charge in [-0.15, -0.1) is 0 Å². The summed E-state index contributed by atoms with van der Waals surface area (Å²) < 4.78 is 13.3.